The van der Waals surface area contributed by atoms with Crippen LogP contribution in [0.5, 0.6) is 0 Å². The predicted molar refractivity (Wildman–Crippen MR) is 75.7 cm³/mol. The van der Waals surface area contributed by atoms with Crippen LogP contribution in [0.25, 0.3) is 0 Å². The van der Waals surface area contributed by atoms with Gasteiger partial charge in [0.1, 0.15) is 5.69 Å². The first-order chi connectivity index (χ1) is 9.54. The van der Waals surface area contributed by atoms with E-state index in [1.54, 1.807) is 0 Å². The molecule has 1 N–H and O–H groups in total. The minimum Gasteiger partial charge on any atom is -0.384 e. The van der Waals surface area contributed by atoms with Crippen LogP contribution in [-0.2, 0) is 6.18 Å². The number of nitrogens with one attached hydrogen (secondary N) is 1. The predicted octanol–water partition coefficient (Wildman–Crippen LogP) is 5.26. The van der Waals surface area contributed by atoms with Crippen molar-refractivity contribution in [3.05, 3.63) is 24.0 Å². The lowest BCUT2D eigenvalue weighted by Crippen LogP contribution is -2.08. The summed E-state index contributed by atoms with van der Waals surface area (Å²) in [7, 11) is 0. The van der Waals surface area contributed by atoms with Crippen LogP contribution in [0.4, 0.5) is 18.9 Å². The molecule has 20 heavy (non-hydrogen) atoms. The molecule has 0 aliphatic carbocycles. The van der Waals surface area contributed by atoms with Crippen LogP contribution >= 0.6 is 0 Å². The highest BCUT2D eigenvalue weighted by Gasteiger charge is 2.31. The second-order valence-corrected chi connectivity index (χ2v) is 4.98. The average Bonchev–Trinajstić information content (AvgIpc) is 2.41. The zero-order chi connectivity index (χ0) is 14.8. The highest BCUT2D eigenvalue weighted by molar-refractivity contribution is 5.41. The van der Waals surface area contributed by atoms with Gasteiger partial charge in [-0.05, 0) is 18.6 Å². The number of hydrogen-bond donors (Lipinski definition) is 1. The number of anilines is 1. The minimum absolute atomic E-state index is 0.643. The third-order valence-corrected chi connectivity index (χ3v) is 3.16. The van der Waals surface area contributed by atoms with Gasteiger partial charge >= 0.3 is 6.18 Å². The third-order valence-electron chi connectivity index (χ3n) is 3.16. The van der Waals surface area contributed by atoms with E-state index in [9.17, 15) is 13.2 Å². The fraction of sp³-hybridized carbons (Fsp3) is 0.667. The molecule has 0 bridgehead atoms. The van der Waals surface area contributed by atoms with Gasteiger partial charge in [-0.15, -0.1) is 0 Å². The average molecular weight is 288 g/mol. The van der Waals surface area contributed by atoms with E-state index >= 15 is 0 Å². The molecule has 0 spiro atoms. The normalized spacial score (nSPS) is 11.6. The van der Waals surface area contributed by atoms with Crippen molar-refractivity contribution >= 4 is 5.69 Å². The Labute approximate surface area is 118 Å². The van der Waals surface area contributed by atoms with Crippen LogP contribution in [0.15, 0.2) is 18.3 Å². The maximum Gasteiger partial charge on any atom is 0.433 e. The van der Waals surface area contributed by atoms with Gasteiger partial charge in [0, 0.05) is 6.54 Å². The van der Waals surface area contributed by atoms with Crippen molar-refractivity contribution in [1.29, 1.82) is 0 Å². The Morgan fingerprint density at radius 3 is 2.20 bits per heavy atom. The topological polar surface area (TPSA) is 24.9 Å². The number of unbranched alkanes of at least 4 members (excludes halogenated alkanes) is 6. The van der Waals surface area contributed by atoms with E-state index in [2.05, 4.69) is 17.2 Å². The second kappa shape index (κ2) is 8.82. The summed E-state index contributed by atoms with van der Waals surface area (Å²) in [6.45, 7) is 2.98. The van der Waals surface area contributed by atoms with Crippen molar-refractivity contribution in [2.75, 3.05) is 11.9 Å². The fourth-order valence-electron chi connectivity index (χ4n) is 1.98. The van der Waals surface area contributed by atoms with Gasteiger partial charge in [-0.2, -0.15) is 13.2 Å². The van der Waals surface area contributed by atoms with E-state index in [1.807, 2.05) is 0 Å². The zero-order valence-corrected chi connectivity index (χ0v) is 12.0. The van der Waals surface area contributed by atoms with E-state index in [1.165, 1.54) is 44.4 Å². The van der Waals surface area contributed by atoms with Gasteiger partial charge in [0.25, 0.3) is 0 Å². The molecule has 0 fully saturated rings. The monoisotopic (exact) mass is 288 g/mol. The highest BCUT2D eigenvalue weighted by atomic mass is 19.4. The quantitative estimate of drug-likeness (QED) is 0.627. The van der Waals surface area contributed by atoms with Crippen molar-refractivity contribution in [2.45, 2.75) is 58.0 Å². The molecule has 114 valence electrons. The van der Waals surface area contributed by atoms with Crippen molar-refractivity contribution in [3.63, 3.8) is 0 Å². The molecular formula is C15H23F3N2. The summed E-state index contributed by atoms with van der Waals surface area (Å²) in [5.41, 5.74) is -0.206. The number of aromatic nitrogens is 1. The van der Waals surface area contributed by atoms with Crippen LogP contribution in [-0.4, -0.2) is 11.5 Å². The van der Waals surface area contributed by atoms with Gasteiger partial charge in [0.05, 0.1) is 11.9 Å². The SMILES string of the molecule is CCCCCCCCCNc1ccc(C(F)(F)F)nc1. The van der Waals surface area contributed by atoms with E-state index < -0.39 is 11.9 Å². The molecule has 0 aromatic carbocycles. The van der Waals surface area contributed by atoms with Crippen LogP contribution in [0.3, 0.4) is 0 Å². The van der Waals surface area contributed by atoms with Crippen molar-refractivity contribution in [2.24, 2.45) is 0 Å². The first-order valence-electron chi connectivity index (χ1n) is 7.31. The number of nitrogens with zero attached hydrogens (tertiary/aromatic N) is 1. The fourth-order valence-corrected chi connectivity index (χ4v) is 1.98. The lowest BCUT2D eigenvalue weighted by molar-refractivity contribution is -0.141. The third kappa shape index (κ3) is 6.78. The Morgan fingerprint density at radius 1 is 1.00 bits per heavy atom. The Bertz CT molecular complexity index is 360. The Morgan fingerprint density at radius 2 is 1.65 bits per heavy atom. The summed E-state index contributed by atoms with van der Waals surface area (Å²) in [4.78, 5) is 3.41. The van der Waals surface area contributed by atoms with Crippen LogP contribution in [0, 0.1) is 0 Å². The molecule has 1 heterocycles. The first-order valence-corrected chi connectivity index (χ1v) is 7.31. The van der Waals surface area contributed by atoms with Gasteiger partial charge in [0.2, 0.25) is 0 Å². The Kier molecular flexibility index (Phi) is 7.41. The van der Waals surface area contributed by atoms with Crippen molar-refractivity contribution in [1.82, 2.24) is 4.98 Å². The molecule has 1 aromatic rings. The number of alkyl halides is 3. The van der Waals surface area contributed by atoms with Gasteiger partial charge in [-0.25, -0.2) is 4.98 Å². The van der Waals surface area contributed by atoms with Gasteiger partial charge in [0.15, 0.2) is 0 Å². The van der Waals surface area contributed by atoms with E-state index in [0.717, 1.165) is 25.5 Å². The summed E-state index contributed by atoms with van der Waals surface area (Å²) in [5, 5.41) is 3.10. The molecule has 5 heteroatoms. The molecule has 0 aliphatic rings. The van der Waals surface area contributed by atoms with E-state index in [0.29, 0.717) is 5.69 Å². The minimum atomic E-state index is -4.36. The second-order valence-electron chi connectivity index (χ2n) is 4.98. The number of hydrogen-bond acceptors (Lipinski definition) is 2. The Balaban J connectivity index is 2.13. The molecule has 0 unspecified atom stereocenters. The first kappa shape index (κ1) is 16.8. The maximum absolute atomic E-state index is 12.3. The molecule has 1 rings (SSSR count). The lowest BCUT2D eigenvalue weighted by atomic mass is 10.1. The smallest absolute Gasteiger partial charge is 0.384 e. The molecule has 1 aromatic heterocycles. The molecule has 0 radical (unpaired) electrons. The maximum atomic E-state index is 12.3. The molecule has 0 saturated heterocycles. The molecule has 0 amide bonds. The molecular weight excluding hydrogens is 265 g/mol. The van der Waals surface area contributed by atoms with Crippen LogP contribution in [0.2, 0.25) is 0 Å². The highest BCUT2D eigenvalue weighted by Crippen LogP contribution is 2.27. The number of halogens is 3. The van der Waals surface area contributed by atoms with Gasteiger partial charge < -0.3 is 5.32 Å². The van der Waals surface area contributed by atoms with E-state index in [-0.39, 0.29) is 0 Å². The number of rotatable bonds is 9. The Hall–Kier alpha value is -1.26. The van der Waals surface area contributed by atoms with Crippen LogP contribution < -0.4 is 5.32 Å². The number of pyridine rings is 1. The zero-order valence-electron chi connectivity index (χ0n) is 12.0. The standard InChI is InChI=1S/C15H23F3N2/c1-2-3-4-5-6-7-8-11-19-13-9-10-14(20-12-13)15(16,17)18/h9-10,12,19H,2-8,11H2,1H3. The molecule has 0 atom stereocenters. The van der Waals surface area contributed by atoms with Crippen molar-refractivity contribution < 1.29 is 13.2 Å². The van der Waals surface area contributed by atoms with Crippen molar-refractivity contribution in [3.8, 4) is 0 Å². The van der Waals surface area contributed by atoms with Gasteiger partial charge in [-0.1, -0.05) is 45.4 Å². The summed E-state index contributed by atoms with van der Waals surface area (Å²) in [5.74, 6) is 0. The molecule has 2 nitrogen and oxygen atoms in total. The summed E-state index contributed by atoms with van der Waals surface area (Å²) < 4.78 is 36.9. The summed E-state index contributed by atoms with van der Waals surface area (Å²) >= 11 is 0. The summed E-state index contributed by atoms with van der Waals surface area (Å²) in [6.07, 6.45) is 5.42. The van der Waals surface area contributed by atoms with Crippen LogP contribution in [0.1, 0.15) is 57.6 Å². The summed E-state index contributed by atoms with van der Waals surface area (Å²) in [6, 6.07) is 2.43. The molecule has 0 saturated carbocycles. The molecule has 0 aliphatic heterocycles. The van der Waals surface area contributed by atoms with Gasteiger partial charge in [-0.3, -0.25) is 0 Å². The largest absolute Gasteiger partial charge is 0.433 e. The van der Waals surface area contributed by atoms with E-state index in [4.69, 9.17) is 0 Å². The lowest BCUT2D eigenvalue weighted by Gasteiger charge is -2.08.